The molecule has 0 aromatic heterocycles. The first kappa shape index (κ1) is 12.8. The van der Waals surface area contributed by atoms with Crippen molar-refractivity contribution in [3.8, 4) is 0 Å². The largest absolute Gasteiger partial charge is 0.444 e. The fourth-order valence-corrected chi connectivity index (χ4v) is 1.54. The van der Waals surface area contributed by atoms with Gasteiger partial charge in [-0.1, -0.05) is 0 Å². The molecule has 1 aliphatic heterocycles. The van der Waals surface area contributed by atoms with Gasteiger partial charge in [0.15, 0.2) is 0 Å². The molecule has 0 radical (unpaired) electrons. The van der Waals surface area contributed by atoms with Crippen molar-refractivity contribution in [2.45, 2.75) is 51.7 Å². The summed E-state index contributed by atoms with van der Waals surface area (Å²) in [5, 5.41) is 5.55. The van der Waals surface area contributed by atoms with Crippen LogP contribution in [0.4, 0.5) is 4.79 Å². The Hall–Kier alpha value is -1.26. The van der Waals surface area contributed by atoms with E-state index in [-0.39, 0.29) is 11.9 Å². The molecular formula is C11H20N2O3. The smallest absolute Gasteiger partial charge is 0.407 e. The Balaban J connectivity index is 2.36. The third-order valence-corrected chi connectivity index (χ3v) is 2.26. The maximum absolute atomic E-state index is 11.5. The van der Waals surface area contributed by atoms with Gasteiger partial charge in [0.2, 0.25) is 5.91 Å². The number of amides is 2. The van der Waals surface area contributed by atoms with Crippen LogP contribution in [-0.2, 0) is 9.53 Å². The van der Waals surface area contributed by atoms with Gasteiger partial charge < -0.3 is 15.4 Å². The summed E-state index contributed by atoms with van der Waals surface area (Å²) in [5.41, 5.74) is -0.483. The zero-order valence-electron chi connectivity index (χ0n) is 10.1. The molecule has 0 spiro atoms. The highest BCUT2D eigenvalue weighted by atomic mass is 16.6. The lowest BCUT2D eigenvalue weighted by molar-refractivity contribution is -0.120. The van der Waals surface area contributed by atoms with Crippen LogP contribution in [0, 0.1) is 0 Å². The summed E-state index contributed by atoms with van der Waals surface area (Å²) in [4.78, 5) is 22.6. The minimum atomic E-state index is -0.483. The average molecular weight is 228 g/mol. The predicted octanol–water partition coefficient (Wildman–Crippen LogP) is 1.18. The van der Waals surface area contributed by atoms with Crippen molar-refractivity contribution in [2.24, 2.45) is 0 Å². The van der Waals surface area contributed by atoms with E-state index in [9.17, 15) is 9.59 Å². The predicted molar refractivity (Wildman–Crippen MR) is 60.0 cm³/mol. The first-order valence-corrected chi connectivity index (χ1v) is 5.63. The van der Waals surface area contributed by atoms with Gasteiger partial charge in [-0.05, 0) is 33.6 Å². The molecule has 92 valence electrons. The van der Waals surface area contributed by atoms with Crippen molar-refractivity contribution in [1.82, 2.24) is 10.6 Å². The molecule has 1 saturated heterocycles. The lowest BCUT2D eigenvalue weighted by Crippen LogP contribution is -2.39. The van der Waals surface area contributed by atoms with Crippen molar-refractivity contribution < 1.29 is 14.3 Å². The normalized spacial score (nSPS) is 21.9. The Bertz CT molecular complexity index is 271. The molecule has 1 rings (SSSR count). The summed E-state index contributed by atoms with van der Waals surface area (Å²) in [6.45, 7) is 6.08. The van der Waals surface area contributed by atoms with E-state index in [1.54, 1.807) is 0 Å². The van der Waals surface area contributed by atoms with Crippen molar-refractivity contribution in [2.75, 3.05) is 6.54 Å². The molecule has 2 N–H and O–H groups in total. The van der Waals surface area contributed by atoms with Gasteiger partial charge in [-0.15, -0.1) is 0 Å². The molecule has 0 bridgehead atoms. The first-order valence-electron chi connectivity index (χ1n) is 5.63. The molecule has 1 unspecified atom stereocenters. The maximum Gasteiger partial charge on any atom is 0.407 e. The Labute approximate surface area is 95.9 Å². The topological polar surface area (TPSA) is 67.4 Å². The van der Waals surface area contributed by atoms with E-state index in [1.165, 1.54) is 0 Å². The van der Waals surface area contributed by atoms with Crippen LogP contribution < -0.4 is 10.6 Å². The minimum Gasteiger partial charge on any atom is -0.444 e. The molecule has 1 fully saturated rings. The van der Waals surface area contributed by atoms with Crippen LogP contribution in [0.3, 0.4) is 0 Å². The molecule has 0 aromatic carbocycles. The van der Waals surface area contributed by atoms with Gasteiger partial charge in [0, 0.05) is 19.0 Å². The van der Waals surface area contributed by atoms with Gasteiger partial charge in [-0.2, -0.15) is 0 Å². The van der Waals surface area contributed by atoms with E-state index < -0.39 is 11.7 Å². The maximum atomic E-state index is 11.5. The van der Waals surface area contributed by atoms with Crippen LogP contribution in [0.15, 0.2) is 0 Å². The number of nitrogens with one attached hydrogen (secondary N) is 2. The van der Waals surface area contributed by atoms with Gasteiger partial charge >= 0.3 is 6.09 Å². The molecular weight excluding hydrogens is 208 g/mol. The van der Waals surface area contributed by atoms with E-state index in [0.717, 1.165) is 6.42 Å². The van der Waals surface area contributed by atoms with Gasteiger partial charge in [0.05, 0.1) is 0 Å². The Morgan fingerprint density at radius 3 is 2.75 bits per heavy atom. The van der Waals surface area contributed by atoms with E-state index in [2.05, 4.69) is 10.6 Å². The second-order valence-corrected chi connectivity index (χ2v) is 5.02. The quantitative estimate of drug-likeness (QED) is 0.708. The standard InChI is InChI=1S/C11H20N2O3/c1-11(2,3)16-10(15)13-8-4-5-9(14)12-7-6-8/h8H,4-7H2,1-3H3,(H,12,14)(H,13,15). The molecule has 1 heterocycles. The van der Waals surface area contributed by atoms with E-state index in [1.807, 2.05) is 20.8 Å². The Kier molecular flexibility index (Phi) is 4.15. The number of hydrogen-bond donors (Lipinski definition) is 2. The Morgan fingerprint density at radius 1 is 1.44 bits per heavy atom. The lowest BCUT2D eigenvalue weighted by atomic mass is 10.1. The highest BCUT2D eigenvalue weighted by Crippen LogP contribution is 2.10. The Morgan fingerprint density at radius 2 is 2.12 bits per heavy atom. The van der Waals surface area contributed by atoms with Crippen LogP contribution in [0.5, 0.6) is 0 Å². The van der Waals surface area contributed by atoms with Crippen molar-refractivity contribution >= 4 is 12.0 Å². The van der Waals surface area contributed by atoms with Gasteiger partial charge in [-0.25, -0.2) is 4.79 Å². The molecule has 1 aliphatic rings. The molecule has 2 amide bonds. The van der Waals surface area contributed by atoms with Crippen LogP contribution in [0.2, 0.25) is 0 Å². The average Bonchev–Trinajstić information content (AvgIpc) is 2.27. The molecule has 0 saturated carbocycles. The van der Waals surface area contributed by atoms with Crippen LogP contribution in [0.1, 0.15) is 40.0 Å². The third-order valence-electron chi connectivity index (χ3n) is 2.26. The van der Waals surface area contributed by atoms with Crippen molar-refractivity contribution in [3.63, 3.8) is 0 Å². The number of hydrogen-bond acceptors (Lipinski definition) is 3. The molecule has 16 heavy (non-hydrogen) atoms. The molecule has 5 heteroatoms. The minimum absolute atomic E-state index is 0.0220. The van der Waals surface area contributed by atoms with Gasteiger partial charge in [-0.3, -0.25) is 4.79 Å². The summed E-state index contributed by atoms with van der Waals surface area (Å²) in [7, 11) is 0. The van der Waals surface area contributed by atoms with E-state index in [0.29, 0.717) is 19.4 Å². The zero-order chi connectivity index (χ0) is 12.2. The van der Waals surface area contributed by atoms with Gasteiger partial charge in [0.25, 0.3) is 0 Å². The second kappa shape index (κ2) is 5.18. The summed E-state index contributed by atoms with van der Waals surface area (Å²) in [6, 6.07) is 0.0220. The summed E-state index contributed by atoms with van der Waals surface area (Å²) in [6.07, 6.45) is 1.48. The first-order chi connectivity index (χ1) is 7.37. The zero-order valence-corrected chi connectivity index (χ0v) is 10.1. The van der Waals surface area contributed by atoms with Crippen LogP contribution in [0.25, 0.3) is 0 Å². The molecule has 1 atom stereocenters. The number of carbonyl (C=O) groups is 2. The van der Waals surface area contributed by atoms with Crippen LogP contribution >= 0.6 is 0 Å². The number of rotatable bonds is 1. The second-order valence-electron chi connectivity index (χ2n) is 5.02. The van der Waals surface area contributed by atoms with Crippen molar-refractivity contribution in [1.29, 1.82) is 0 Å². The third kappa shape index (κ3) is 5.00. The molecule has 0 aromatic rings. The number of carbonyl (C=O) groups excluding carboxylic acids is 2. The van der Waals surface area contributed by atoms with E-state index >= 15 is 0 Å². The summed E-state index contributed by atoms with van der Waals surface area (Å²) < 4.78 is 5.15. The summed E-state index contributed by atoms with van der Waals surface area (Å²) in [5.74, 6) is 0.0495. The number of ether oxygens (including phenoxy) is 1. The highest BCUT2D eigenvalue weighted by Gasteiger charge is 2.21. The van der Waals surface area contributed by atoms with Crippen LogP contribution in [-0.4, -0.2) is 30.2 Å². The van der Waals surface area contributed by atoms with Crippen molar-refractivity contribution in [3.05, 3.63) is 0 Å². The molecule has 5 nitrogen and oxygen atoms in total. The SMILES string of the molecule is CC(C)(C)OC(=O)NC1CCNC(=O)CC1. The fourth-order valence-electron chi connectivity index (χ4n) is 1.54. The summed E-state index contributed by atoms with van der Waals surface area (Å²) >= 11 is 0. The molecule has 0 aliphatic carbocycles. The van der Waals surface area contributed by atoms with E-state index in [4.69, 9.17) is 4.74 Å². The fraction of sp³-hybridized carbons (Fsp3) is 0.818. The lowest BCUT2D eigenvalue weighted by Gasteiger charge is -2.22. The number of alkyl carbamates (subject to hydrolysis) is 1. The monoisotopic (exact) mass is 228 g/mol. The van der Waals surface area contributed by atoms with Gasteiger partial charge in [0.1, 0.15) is 5.60 Å². The highest BCUT2D eigenvalue weighted by molar-refractivity contribution is 5.76.